The number of aryl methyl sites for hydroxylation is 1. The summed E-state index contributed by atoms with van der Waals surface area (Å²) in [6.45, 7) is 0. The Balaban J connectivity index is 1.37. The van der Waals surface area contributed by atoms with Crippen molar-refractivity contribution in [2.24, 2.45) is 12.1 Å². The molecule has 0 fully saturated rings. The zero-order valence-corrected chi connectivity index (χ0v) is 16.7. The molecule has 152 valence electrons. The molecule has 31 heavy (non-hydrogen) atoms. The van der Waals surface area contributed by atoms with Crippen LogP contribution in [0.25, 0.3) is 33.3 Å². The number of nitrogens with zero attached hydrogens (tertiary/aromatic N) is 3. The van der Waals surface area contributed by atoms with Gasteiger partial charge in [-0.1, -0.05) is 30.3 Å². The maximum absolute atomic E-state index is 12.6. The molecule has 0 spiro atoms. The molecule has 0 saturated carbocycles. The predicted octanol–water partition coefficient (Wildman–Crippen LogP) is 4.19. The summed E-state index contributed by atoms with van der Waals surface area (Å²) in [6, 6.07) is 20.2. The number of hydrogen-bond donors (Lipinski definition) is 3. The first-order chi connectivity index (χ1) is 15.1. The van der Waals surface area contributed by atoms with Crippen LogP contribution in [0.5, 0.6) is 5.75 Å². The van der Waals surface area contributed by atoms with E-state index in [-0.39, 0.29) is 11.7 Å². The summed E-state index contributed by atoms with van der Waals surface area (Å²) >= 11 is 0. The molecule has 7 nitrogen and oxygen atoms in total. The quantitative estimate of drug-likeness (QED) is 0.307. The Morgan fingerprint density at radius 1 is 1.13 bits per heavy atom. The summed E-state index contributed by atoms with van der Waals surface area (Å²) in [5.41, 5.74) is 7.06. The Kier molecular flexibility index (Phi) is 4.48. The third-order valence-corrected chi connectivity index (χ3v) is 5.20. The maximum atomic E-state index is 12.6. The molecule has 1 amide bonds. The van der Waals surface area contributed by atoms with Crippen LogP contribution in [0.1, 0.15) is 15.9 Å². The van der Waals surface area contributed by atoms with Crippen LogP contribution >= 0.6 is 0 Å². The number of hydrazone groups is 1. The van der Waals surface area contributed by atoms with Gasteiger partial charge in [-0.3, -0.25) is 4.79 Å². The van der Waals surface area contributed by atoms with Gasteiger partial charge in [-0.2, -0.15) is 5.10 Å². The maximum Gasteiger partial charge on any atom is 0.271 e. The molecule has 5 aromatic rings. The monoisotopic (exact) mass is 409 g/mol. The van der Waals surface area contributed by atoms with Crippen LogP contribution in [0.15, 0.2) is 78.0 Å². The standard InChI is InChI=1S/C24H19N5O2/c1-29-14-16(17-6-2-4-8-21(17)29)13-25-28-24(31)15-10-11-19-20(12-15)27-23(26-19)18-7-3-5-9-22(18)30/h2-14,30H,1H3,(H,26,27)(H,28,31)/b25-13+. The number of hydrogen-bond acceptors (Lipinski definition) is 4. The third kappa shape index (κ3) is 3.42. The predicted molar refractivity (Wildman–Crippen MR) is 121 cm³/mol. The van der Waals surface area contributed by atoms with E-state index >= 15 is 0 Å². The van der Waals surface area contributed by atoms with Crippen molar-refractivity contribution < 1.29 is 9.90 Å². The van der Waals surface area contributed by atoms with E-state index in [0.29, 0.717) is 28.0 Å². The molecule has 2 aromatic heterocycles. The lowest BCUT2D eigenvalue weighted by atomic mass is 10.2. The lowest BCUT2D eigenvalue weighted by Gasteiger charge is -2.00. The fourth-order valence-corrected chi connectivity index (χ4v) is 3.65. The van der Waals surface area contributed by atoms with Crippen LogP contribution in [0.3, 0.4) is 0 Å². The van der Waals surface area contributed by atoms with Crippen LogP contribution in [0.2, 0.25) is 0 Å². The second kappa shape index (κ2) is 7.46. The number of carbonyl (C=O) groups is 1. The number of rotatable bonds is 4. The Bertz CT molecular complexity index is 1460. The van der Waals surface area contributed by atoms with Gasteiger partial charge in [-0.25, -0.2) is 10.4 Å². The molecular weight excluding hydrogens is 390 g/mol. The van der Waals surface area contributed by atoms with Gasteiger partial charge >= 0.3 is 0 Å². The van der Waals surface area contributed by atoms with Gasteiger partial charge in [-0.15, -0.1) is 0 Å². The van der Waals surface area contributed by atoms with E-state index in [2.05, 4.69) is 20.5 Å². The number of aromatic nitrogens is 3. The highest BCUT2D eigenvalue weighted by Gasteiger charge is 2.12. The molecule has 5 rings (SSSR count). The topological polar surface area (TPSA) is 95.3 Å². The molecule has 0 aliphatic rings. The number of amides is 1. The summed E-state index contributed by atoms with van der Waals surface area (Å²) in [4.78, 5) is 20.2. The van der Waals surface area contributed by atoms with Crippen LogP contribution in [0.4, 0.5) is 0 Å². The number of para-hydroxylation sites is 2. The van der Waals surface area contributed by atoms with E-state index in [1.54, 1.807) is 42.6 Å². The molecule has 0 aliphatic carbocycles. The number of carbonyl (C=O) groups excluding carboxylic acids is 1. The van der Waals surface area contributed by atoms with E-state index < -0.39 is 0 Å². The Hall–Kier alpha value is -4.39. The lowest BCUT2D eigenvalue weighted by Crippen LogP contribution is -2.17. The number of nitrogens with one attached hydrogen (secondary N) is 2. The summed E-state index contributed by atoms with van der Waals surface area (Å²) in [5, 5.41) is 15.2. The van der Waals surface area contributed by atoms with E-state index in [1.807, 2.05) is 48.1 Å². The highest BCUT2D eigenvalue weighted by molar-refractivity contribution is 6.01. The zero-order chi connectivity index (χ0) is 21.4. The van der Waals surface area contributed by atoms with E-state index in [4.69, 9.17) is 0 Å². The SMILES string of the molecule is Cn1cc(/C=N/NC(=O)c2ccc3nc(-c4ccccc4O)[nH]c3c2)c2ccccc21. The molecule has 7 heteroatoms. The fraction of sp³-hybridized carbons (Fsp3) is 0.0417. The van der Waals surface area contributed by atoms with Gasteiger partial charge in [0.15, 0.2) is 0 Å². The minimum Gasteiger partial charge on any atom is -0.507 e. The zero-order valence-electron chi connectivity index (χ0n) is 16.7. The van der Waals surface area contributed by atoms with E-state index in [0.717, 1.165) is 16.5 Å². The first kappa shape index (κ1) is 18.6. The lowest BCUT2D eigenvalue weighted by molar-refractivity contribution is 0.0955. The van der Waals surface area contributed by atoms with Crippen LogP contribution < -0.4 is 5.43 Å². The first-order valence-electron chi connectivity index (χ1n) is 9.76. The average molecular weight is 409 g/mol. The van der Waals surface area contributed by atoms with Crippen molar-refractivity contribution in [3.63, 3.8) is 0 Å². The van der Waals surface area contributed by atoms with Crippen molar-refractivity contribution in [3.8, 4) is 17.1 Å². The van der Waals surface area contributed by atoms with Crippen LogP contribution in [-0.2, 0) is 7.05 Å². The number of H-pyrrole nitrogens is 1. The van der Waals surface area contributed by atoms with Gasteiger partial charge < -0.3 is 14.7 Å². The fourth-order valence-electron chi connectivity index (χ4n) is 3.65. The molecule has 3 N–H and O–H groups in total. The van der Waals surface area contributed by atoms with Gasteiger partial charge in [0.05, 0.1) is 22.8 Å². The minimum absolute atomic E-state index is 0.141. The first-order valence-corrected chi connectivity index (χ1v) is 9.76. The third-order valence-electron chi connectivity index (χ3n) is 5.20. The highest BCUT2D eigenvalue weighted by Crippen LogP contribution is 2.28. The summed E-state index contributed by atoms with van der Waals surface area (Å²) < 4.78 is 2.02. The summed E-state index contributed by atoms with van der Waals surface area (Å²) in [7, 11) is 1.97. The molecule has 3 aromatic carbocycles. The van der Waals surface area contributed by atoms with Crippen molar-refractivity contribution in [1.29, 1.82) is 0 Å². The van der Waals surface area contributed by atoms with Gasteiger partial charge in [0, 0.05) is 35.3 Å². The number of benzene rings is 3. The van der Waals surface area contributed by atoms with E-state index in [9.17, 15) is 9.90 Å². The van der Waals surface area contributed by atoms with Crippen LogP contribution in [-0.4, -0.2) is 31.8 Å². The van der Waals surface area contributed by atoms with Crippen molar-refractivity contribution in [2.45, 2.75) is 0 Å². The van der Waals surface area contributed by atoms with Gasteiger partial charge in [-0.05, 0) is 36.4 Å². The molecule has 0 unspecified atom stereocenters. The normalized spacial score (nSPS) is 11.5. The van der Waals surface area contributed by atoms with Crippen molar-refractivity contribution in [2.75, 3.05) is 0 Å². The number of phenolic OH excluding ortho intramolecular Hbond substituents is 1. The molecule has 0 bridgehead atoms. The number of fused-ring (bicyclic) bond motifs is 2. The number of aromatic hydroxyl groups is 1. The van der Waals surface area contributed by atoms with Crippen molar-refractivity contribution in [1.82, 2.24) is 20.0 Å². The molecule has 2 heterocycles. The van der Waals surface area contributed by atoms with Gasteiger partial charge in [0.1, 0.15) is 11.6 Å². The molecule has 0 saturated heterocycles. The second-order valence-corrected chi connectivity index (χ2v) is 7.25. The molecular formula is C24H19N5O2. The van der Waals surface area contributed by atoms with E-state index in [1.165, 1.54) is 0 Å². The number of phenols is 1. The molecule has 0 aliphatic heterocycles. The average Bonchev–Trinajstić information content (AvgIpc) is 3.35. The van der Waals surface area contributed by atoms with Crippen molar-refractivity contribution in [3.05, 3.63) is 84.1 Å². The van der Waals surface area contributed by atoms with Crippen molar-refractivity contribution >= 4 is 34.1 Å². The Morgan fingerprint density at radius 3 is 2.81 bits per heavy atom. The Labute approximate surface area is 177 Å². The van der Waals surface area contributed by atoms with Gasteiger partial charge in [0.2, 0.25) is 0 Å². The summed E-state index contributed by atoms with van der Waals surface area (Å²) in [5.74, 6) is 0.360. The summed E-state index contributed by atoms with van der Waals surface area (Å²) in [6.07, 6.45) is 3.61. The van der Waals surface area contributed by atoms with Crippen LogP contribution in [0, 0.1) is 0 Å². The minimum atomic E-state index is -0.322. The smallest absolute Gasteiger partial charge is 0.271 e. The molecule has 0 atom stereocenters. The molecule has 0 radical (unpaired) electrons. The Morgan fingerprint density at radius 2 is 1.94 bits per heavy atom. The highest BCUT2D eigenvalue weighted by atomic mass is 16.3. The number of imidazole rings is 1. The van der Waals surface area contributed by atoms with Gasteiger partial charge in [0.25, 0.3) is 5.91 Å². The largest absolute Gasteiger partial charge is 0.507 e. The second-order valence-electron chi connectivity index (χ2n) is 7.25. The number of aromatic amines is 1.